The van der Waals surface area contributed by atoms with Crippen molar-refractivity contribution < 1.29 is 34.6 Å². The van der Waals surface area contributed by atoms with E-state index in [0.29, 0.717) is 0 Å². The fraction of sp³-hybridized carbons (Fsp3) is 1.00. The summed E-state index contributed by atoms with van der Waals surface area (Å²) in [4.78, 5) is 0. The van der Waals surface area contributed by atoms with Gasteiger partial charge in [-0.1, -0.05) is 0 Å². The lowest BCUT2D eigenvalue weighted by molar-refractivity contribution is -0.0446. The number of hydrogen-bond acceptors (Lipinski definition) is 5. The number of halogens is 3. The van der Waals surface area contributed by atoms with Gasteiger partial charge in [0.05, 0.1) is 6.17 Å². The summed E-state index contributed by atoms with van der Waals surface area (Å²) >= 11 is 0. The van der Waals surface area contributed by atoms with Crippen molar-refractivity contribution >= 4 is 27.1 Å². The molecule has 0 saturated carbocycles. The molecule has 0 saturated heterocycles. The minimum Gasteiger partial charge on any atom is -0.414 e. The predicted octanol–water partition coefficient (Wildman–Crippen LogP) is 1.05. The maximum absolute atomic E-state index is 12.2. The molecule has 0 aliphatic heterocycles. The largest absolute Gasteiger partial charge is 0.511 e. The van der Waals surface area contributed by atoms with Gasteiger partial charge in [0.25, 0.3) is 0 Å². The minimum absolute atomic E-state index is 0.550. The van der Waals surface area contributed by atoms with Gasteiger partial charge < -0.3 is 13.0 Å². The zero-order chi connectivity index (χ0) is 15.5. The molecule has 0 aliphatic carbocycles. The van der Waals surface area contributed by atoms with Crippen molar-refractivity contribution in [2.75, 3.05) is 20.4 Å². The Labute approximate surface area is 112 Å². The van der Waals surface area contributed by atoms with Crippen molar-refractivity contribution in [3.63, 3.8) is 0 Å². The molecule has 0 bridgehead atoms. The molecule has 0 heterocycles. The molecule has 1 unspecified atom stereocenters. The fourth-order valence-electron chi connectivity index (χ4n) is 1.02. The second-order valence-corrected chi connectivity index (χ2v) is 13.1. The van der Waals surface area contributed by atoms with Crippen molar-refractivity contribution in [2.24, 2.45) is 0 Å². The van der Waals surface area contributed by atoms with Gasteiger partial charge >= 0.3 is 32.7 Å². The molecular weight excluding hydrogens is 323 g/mol. The Bertz CT molecular complexity index is 402. The Morgan fingerprint density at radius 2 is 1.58 bits per heavy atom. The second-order valence-electron chi connectivity index (χ2n) is 4.31. The highest BCUT2D eigenvalue weighted by Crippen LogP contribution is 2.22. The van der Waals surface area contributed by atoms with Crippen LogP contribution in [0, 0.1) is 0 Å². The topological polar surface area (TPSA) is 73.9 Å². The van der Waals surface area contributed by atoms with E-state index < -0.39 is 38.8 Å². The maximum atomic E-state index is 12.2. The van der Waals surface area contributed by atoms with Gasteiger partial charge in [0.1, 0.15) is 0 Å². The third-order valence-corrected chi connectivity index (χ3v) is 10.0. The molecule has 0 radical (unpaired) electrons. The van der Waals surface area contributed by atoms with E-state index in [-0.39, 0.29) is 0 Å². The van der Waals surface area contributed by atoms with Crippen molar-refractivity contribution in [1.29, 1.82) is 0 Å². The van der Waals surface area contributed by atoms with Crippen LogP contribution in [0.4, 0.5) is 13.2 Å². The molecule has 0 aromatic rings. The van der Waals surface area contributed by atoms with Crippen LogP contribution >= 0.6 is 0 Å². The van der Waals surface area contributed by atoms with Crippen LogP contribution < -0.4 is 4.72 Å². The van der Waals surface area contributed by atoms with Crippen LogP contribution in [0.1, 0.15) is 0 Å². The van der Waals surface area contributed by atoms with Crippen LogP contribution in [0.2, 0.25) is 19.6 Å². The van der Waals surface area contributed by atoms with Gasteiger partial charge in [0.15, 0.2) is 0 Å². The maximum Gasteiger partial charge on any atom is 0.511 e. The summed E-state index contributed by atoms with van der Waals surface area (Å²) in [6.45, 7) is 4.81. The van der Waals surface area contributed by atoms with E-state index in [1.165, 1.54) is 25.5 Å². The standard InChI is InChI=1S/C7H18F3NO5SSi2/c1-14-18(3,4)16-19(5,15-2)6-11-17(12,13)7(8,9)10/h11H,6H2,1-5H3. The van der Waals surface area contributed by atoms with Gasteiger partial charge in [-0.25, -0.2) is 13.1 Å². The van der Waals surface area contributed by atoms with Gasteiger partial charge in [-0.3, -0.25) is 0 Å². The van der Waals surface area contributed by atoms with E-state index in [1.54, 1.807) is 13.1 Å². The Kier molecular flexibility index (Phi) is 6.20. The number of alkyl halides is 3. The van der Waals surface area contributed by atoms with Gasteiger partial charge in [0.2, 0.25) is 0 Å². The summed E-state index contributed by atoms with van der Waals surface area (Å²) in [5, 5.41) is 0. The number of rotatable bonds is 7. The first-order valence-corrected chi connectivity index (χ1v) is 12.0. The molecular formula is C7H18F3NO5SSi2. The molecule has 1 atom stereocenters. The van der Waals surface area contributed by atoms with Crippen molar-refractivity contribution in [3.8, 4) is 0 Å². The molecule has 12 heteroatoms. The first-order chi connectivity index (χ1) is 8.29. The summed E-state index contributed by atoms with van der Waals surface area (Å²) in [6.07, 6.45) is -0.550. The quantitative estimate of drug-likeness (QED) is 0.701. The van der Waals surface area contributed by atoms with Crippen molar-refractivity contribution in [2.45, 2.75) is 25.1 Å². The lowest BCUT2D eigenvalue weighted by Crippen LogP contribution is -2.57. The molecule has 0 aromatic heterocycles. The predicted molar refractivity (Wildman–Crippen MR) is 67.2 cm³/mol. The van der Waals surface area contributed by atoms with Crippen LogP contribution in [0.15, 0.2) is 0 Å². The lowest BCUT2D eigenvalue weighted by atomic mass is 11.5. The third-order valence-electron chi connectivity index (χ3n) is 2.27. The molecule has 0 aromatic carbocycles. The minimum atomic E-state index is -5.40. The first kappa shape index (κ1) is 19.0. The molecule has 0 rings (SSSR count). The monoisotopic (exact) mass is 341 g/mol. The molecule has 0 spiro atoms. The smallest absolute Gasteiger partial charge is 0.414 e. The molecule has 0 aliphatic rings. The van der Waals surface area contributed by atoms with Crippen molar-refractivity contribution in [3.05, 3.63) is 0 Å². The second kappa shape index (κ2) is 6.19. The summed E-state index contributed by atoms with van der Waals surface area (Å²) < 4.78 is 75.6. The summed E-state index contributed by atoms with van der Waals surface area (Å²) in [7, 11) is -8.41. The molecule has 0 fully saturated rings. The summed E-state index contributed by atoms with van der Waals surface area (Å²) in [5.41, 5.74) is -5.36. The van der Waals surface area contributed by atoms with E-state index in [4.69, 9.17) is 13.0 Å². The molecule has 19 heavy (non-hydrogen) atoms. The average molecular weight is 341 g/mol. The van der Waals surface area contributed by atoms with Crippen LogP contribution in [-0.2, 0) is 23.0 Å². The fourth-order valence-corrected chi connectivity index (χ4v) is 8.25. The Morgan fingerprint density at radius 1 is 1.11 bits per heavy atom. The van der Waals surface area contributed by atoms with E-state index >= 15 is 0 Å². The van der Waals surface area contributed by atoms with Gasteiger partial charge in [-0.15, -0.1) is 0 Å². The van der Waals surface area contributed by atoms with Crippen LogP contribution in [-0.4, -0.2) is 51.4 Å². The summed E-state index contributed by atoms with van der Waals surface area (Å²) in [5.74, 6) is 0. The van der Waals surface area contributed by atoms with Crippen molar-refractivity contribution in [1.82, 2.24) is 4.72 Å². The molecule has 0 amide bonds. The Balaban J connectivity index is 4.85. The molecule has 116 valence electrons. The van der Waals surface area contributed by atoms with Gasteiger partial charge in [-0.2, -0.15) is 13.2 Å². The zero-order valence-corrected chi connectivity index (χ0v) is 14.1. The normalized spacial score (nSPS) is 17.3. The van der Waals surface area contributed by atoms with Gasteiger partial charge in [0, 0.05) is 14.2 Å². The van der Waals surface area contributed by atoms with E-state index in [1.807, 2.05) is 0 Å². The highest BCUT2D eigenvalue weighted by molar-refractivity contribution is 7.90. The Hall–Kier alpha value is 0.0138. The highest BCUT2D eigenvalue weighted by atomic mass is 32.2. The van der Waals surface area contributed by atoms with E-state index in [0.717, 1.165) is 0 Å². The highest BCUT2D eigenvalue weighted by Gasteiger charge is 2.48. The third kappa shape index (κ3) is 5.89. The van der Waals surface area contributed by atoms with Crippen LogP contribution in [0.25, 0.3) is 0 Å². The summed E-state index contributed by atoms with van der Waals surface area (Å²) in [6, 6.07) is 0. The average Bonchev–Trinajstić information content (AvgIpc) is 2.25. The number of hydrogen-bond donors (Lipinski definition) is 1. The van der Waals surface area contributed by atoms with Crippen LogP contribution in [0.5, 0.6) is 0 Å². The first-order valence-electron chi connectivity index (χ1n) is 5.15. The SMILES string of the molecule is CO[Si](C)(C)O[Si](C)(CNS(=O)(=O)C(F)(F)F)OC. The molecule has 1 N–H and O–H groups in total. The molecule has 6 nitrogen and oxygen atoms in total. The van der Waals surface area contributed by atoms with Crippen LogP contribution in [0.3, 0.4) is 0 Å². The van der Waals surface area contributed by atoms with Gasteiger partial charge in [-0.05, 0) is 19.6 Å². The number of sulfonamides is 1. The Morgan fingerprint density at radius 3 is 1.89 bits per heavy atom. The zero-order valence-electron chi connectivity index (χ0n) is 11.3. The van der Waals surface area contributed by atoms with E-state index in [2.05, 4.69) is 0 Å². The lowest BCUT2D eigenvalue weighted by Gasteiger charge is -2.33. The number of nitrogens with one attached hydrogen (secondary N) is 1. The van der Waals surface area contributed by atoms with E-state index in [9.17, 15) is 21.6 Å².